The smallest absolute Gasteiger partial charge is 0.0900 e. The summed E-state index contributed by atoms with van der Waals surface area (Å²) in [6.07, 6.45) is 1.25. The van der Waals surface area contributed by atoms with E-state index in [0.29, 0.717) is 19.8 Å². The molecule has 0 aromatic carbocycles. The van der Waals surface area contributed by atoms with Crippen LogP contribution in [0.4, 0.5) is 0 Å². The lowest BCUT2D eigenvalue weighted by Gasteiger charge is -2.35. The first-order valence-electron chi connectivity index (χ1n) is 6.18. The zero-order chi connectivity index (χ0) is 12.5. The van der Waals surface area contributed by atoms with E-state index < -0.39 is 6.10 Å². The lowest BCUT2D eigenvalue weighted by molar-refractivity contribution is 0.0136. The molecule has 1 atom stereocenters. The Labute approximate surface area is 103 Å². The molecular formula is C12H24N2O3. The second-order valence-corrected chi connectivity index (χ2v) is 4.35. The van der Waals surface area contributed by atoms with Crippen LogP contribution in [0.5, 0.6) is 0 Å². The molecule has 1 fully saturated rings. The highest BCUT2D eigenvalue weighted by atomic mass is 16.5. The molecule has 0 radical (unpaired) electrons. The van der Waals surface area contributed by atoms with Gasteiger partial charge in [0.2, 0.25) is 0 Å². The monoisotopic (exact) mass is 244 g/mol. The Kier molecular flexibility index (Phi) is 7.39. The van der Waals surface area contributed by atoms with E-state index in [-0.39, 0.29) is 6.61 Å². The Hall–Kier alpha value is -0.460. The van der Waals surface area contributed by atoms with Crippen LogP contribution in [-0.2, 0) is 4.74 Å². The first-order valence-corrected chi connectivity index (χ1v) is 6.18. The zero-order valence-corrected chi connectivity index (χ0v) is 10.4. The summed E-state index contributed by atoms with van der Waals surface area (Å²) in [6.45, 7) is 9.84. The van der Waals surface area contributed by atoms with Gasteiger partial charge >= 0.3 is 0 Å². The van der Waals surface area contributed by atoms with E-state index in [0.717, 1.165) is 32.7 Å². The van der Waals surface area contributed by atoms with Crippen LogP contribution in [0.2, 0.25) is 0 Å². The fourth-order valence-electron chi connectivity index (χ4n) is 1.98. The number of aliphatic hydroxyl groups excluding tert-OH is 2. The van der Waals surface area contributed by atoms with Crippen LogP contribution in [0.15, 0.2) is 12.7 Å². The van der Waals surface area contributed by atoms with Gasteiger partial charge in [0.15, 0.2) is 0 Å². The van der Waals surface area contributed by atoms with Gasteiger partial charge in [0.25, 0.3) is 0 Å². The van der Waals surface area contributed by atoms with Crippen molar-refractivity contribution in [1.29, 1.82) is 0 Å². The van der Waals surface area contributed by atoms with Gasteiger partial charge in [-0.3, -0.25) is 9.80 Å². The number of β-amino-alcohol motifs (C(OH)–C–C–N with tert-alkyl or cyclic N) is 2. The average Bonchev–Trinajstić information content (AvgIpc) is 2.32. The van der Waals surface area contributed by atoms with E-state index in [1.54, 1.807) is 6.08 Å². The van der Waals surface area contributed by atoms with Crippen molar-refractivity contribution in [2.24, 2.45) is 0 Å². The first kappa shape index (κ1) is 14.6. The van der Waals surface area contributed by atoms with Crippen LogP contribution >= 0.6 is 0 Å². The third-order valence-corrected chi connectivity index (χ3v) is 2.90. The highest BCUT2D eigenvalue weighted by Gasteiger charge is 2.18. The lowest BCUT2D eigenvalue weighted by atomic mass is 10.2. The van der Waals surface area contributed by atoms with Gasteiger partial charge in [-0.25, -0.2) is 0 Å². The minimum Gasteiger partial charge on any atom is -0.395 e. The Bertz CT molecular complexity index is 206. The molecule has 1 aliphatic rings. The SMILES string of the molecule is C=CCOC[C@@H](O)CN1CCN(CCO)CC1. The number of hydrogen-bond acceptors (Lipinski definition) is 5. The number of aliphatic hydroxyl groups is 2. The minimum absolute atomic E-state index is 0.220. The molecule has 100 valence electrons. The molecule has 0 amide bonds. The van der Waals surface area contributed by atoms with Gasteiger partial charge < -0.3 is 14.9 Å². The number of rotatable bonds is 8. The summed E-state index contributed by atoms with van der Waals surface area (Å²) in [5, 5.41) is 18.6. The standard InChI is InChI=1S/C12H24N2O3/c1-2-9-17-11-12(16)10-14-5-3-13(4-6-14)7-8-15/h2,12,15-16H,1,3-11H2/t12-/m0/s1. The topological polar surface area (TPSA) is 56.2 Å². The molecule has 5 nitrogen and oxygen atoms in total. The van der Waals surface area contributed by atoms with Crippen molar-refractivity contribution in [3.05, 3.63) is 12.7 Å². The van der Waals surface area contributed by atoms with Crippen LogP contribution in [0.3, 0.4) is 0 Å². The molecule has 0 bridgehead atoms. The van der Waals surface area contributed by atoms with Crippen LogP contribution < -0.4 is 0 Å². The van der Waals surface area contributed by atoms with Gasteiger partial charge in [-0.2, -0.15) is 0 Å². The maximum atomic E-state index is 9.74. The maximum absolute atomic E-state index is 9.74. The molecule has 1 rings (SSSR count). The van der Waals surface area contributed by atoms with Crippen LogP contribution in [0.1, 0.15) is 0 Å². The molecule has 0 spiro atoms. The second-order valence-electron chi connectivity index (χ2n) is 4.35. The molecule has 0 aromatic rings. The largest absolute Gasteiger partial charge is 0.395 e. The van der Waals surface area contributed by atoms with Gasteiger partial charge in [0.05, 0.1) is 25.9 Å². The molecule has 1 heterocycles. The molecule has 1 aliphatic heterocycles. The molecule has 17 heavy (non-hydrogen) atoms. The van der Waals surface area contributed by atoms with Crippen molar-refractivity contribution in [1.82, 2.24) is 9.80 Å². The van der Waals surface area contributed by atoms with Gasteiger partial charge in [0, 0.05) is 39.3 Å². The van der Waals surface area contributed by atoms with Gasteiger partial charge in [-0.15, -0.1) is 6.58 Å². The molecule has 0 aliphatic carbocycles. The van der Waals surface area contributed by atoms with Gasteiger partial charge in [-0.1, -0.05) is 6.08 Å². The van der Waals surface area contributed by atoms with Gasteiger partial charge in [-0.05, 0) is 0 Å². The van der Waals surface area contributed by atoms with Crippen LogP contribution in [0, 0.1) is 0 Å². The van der Waals surface area contributed by atoms with E-state index in [4.69, 9.17) is 9.84 Å². The van der Waals surface area contributed by atoms with Crippen molar-refractivity contribution in [3.8, 4) is 0 Å². The van der Waals surface area contributed by atoms with Crippen molar-refractivity contribution < 1.29 is 14.9 Å². The molecular weight excluding hydrogens is 220 g/mol. The predicted molar refractivity (Wildman–Crippen MR) is 67.0 cm³/mol. The molecule has 0 aromatic heterocycles. The highest BCUT2D eigenvalue weighted by Crippen LogP contribution is 2.02. The van der Waals surface area contributed by atoms with Crippen molar-refractivity contribution >= 4 is 0 Å². The number of piperazine rings is 1. The number of nitrogens with zero attached hydrogens (tertiary/aromatic N) is 2. The number of ether oxygens (including phenoxy) is 1. The Morgan fingerprint density at radius 1 is 1.24 bits per heavy atom. The summed E-state index contributed by atoms with van der Waals surface area (Å²) in [5.41, 5.74) is 0. The van der Waals surface area contributed by atoms with E-state index in [1.807, 2.05) is 0 Å². The van der Waals surface area contributed by atoms with Gasteiger partial charge in [0.1, 0.15) is 0 Å². The first-order chi connectivity index (χ1) is 8.26. The summed E-state index contributed by atoms with van der Waals surface area (Å²) >= 11 is 0. The van der Waals surface area contributed by atoms with E-state index in [9.17, 15) is 5.11 Å². The summed E-state index contributed by atoms with van der Waals surface area (Å²) in [5.74, 6) is 0. The Balaban J connectivity index is 2.10. The van der Waals surface area contributed by atoms with E-state index in [1.165, 1.54) is 0 Å². The third-order valence-electron chi connectivity index (χ3n) is 2.90. The highest BCUT2D eigenvalue weighted by molar-refractivity contribution is 4.74. The molecule has 1 saturated heterocycles. The van der Waals surface area contributed by atoms with Crippen LogP contribution in [-0.4, -0.2) is 85.2 Å². The van der Waals surface area contributed by atoms with Crippen molar-refractivity contribution in [3.63, 3.8) is 0 Å². The maximum Gasteiger partial charge on any atom is 0.0900 e. The lowest BCUT2D eigenvalue weighted by Crippen LogP contribution is -2.49. The van der Waals surface area contributed by atoms with Crippen LogP contribution in [0.25, 0.3) is 0 Å². The summed E-state index contributed by atoms with van der Waals surface area (Å²) in [4.78, 5) is 4.47. The Morgan fingerprint density at radius 3 is 2.47 bits per heavy atom. The summed E-state index contributed by atoms with van der Waals surface area (Å²) < 4.78 is 5.21. The fraction of sp³-hybridized carbons (Fsp3) is 0.833. The summed E-state index contributed by atoms with van der Waals surface area (Å²) in [7, 11) is 0. The second kappa shape index (κ2) is 8.60. The van der Waals surface area contributed by atoms with E-state index in [2.05, 4.69) is 16.4 Å². The zero-order valence-electron chi connectivity index (χ0n) is 10.4. The fourth-order valence-corrected chi connectivity index (χ4v) is 1.98. The number of hydrogen-bond donors (Lipinski definition) is 2. The van der Waals surface area contributed by atoms with Crippen molar-refractivity contribution in [2.75, 3.05) is 59.1 Å². The quantitative estimate of drug-likeness (QED) is 0.431. The normalized spacial score (nSPS) is 20.4. The summed E-state index contributed by atoms with van der Waals surface area (Å²) in [6, 6.07) is 0. The third kappa shape index (κ3) is 6.14. The predicted octanol–water partition coefficient (Wildman–Crippen LogP) is -0.840. The minimum atomic E-state index is -0.431. The van der Waals surface area contributed by atoms with Crippen molar-refractivity contribution in [2.45, 2.75) is 6.10 Å². The molecule has 5 heteroatoms. The molecule has 0 unspecified atom stereocenters. The average molecular weight is 244 g/mol. The molecule has 0 saturated carbocycles. The molecule has 2 N–H and O–H groups in total. The Morgan fingerprint density at radius 2 is 1.88 bits per heavy atom. The van der Waals surface area contributed by atoms with E-state index >= 15 is 0 Å².